The van der Waals surface area contributed by atoms with Gasteiger partial charge in [0.25, 0.3) is 5.91 Å². The van der Waals surface area contributed by atoms with Crippen molar-refractivity contribution in [3.63, 3.8) is 0 Å². The summed E-state index contributed by atoms with van der Waals surface area (Å²) in [6.45, 7) is 4.46. The number of H-pyrrole nitrogens is 1. The third-order valence-corrected chi connectivity index (χ3v) is 4.53. The first-order valence-electron chi connectivity index (χ1n) is 8.71. The largest absolute Gasteiger partial charge is 0.467 e. The van der Waals surface area contributed by atoms with E-state index in [1.807, 2.05) is 12.1 Å². The fraction of sp³-hybridized carbons (Fsp3) is 0.474. The molecule has 2 aromatic rings. The van der Waals surface area contributed by atoms with Crippen molar-refractivity contribution >= 4 is 11.9 Å². The molecule has 26 heavy (non-hydrogen) atoms. The van der Waals surface area contributed by atoms with Gasteiger partial charge >= 0.3 is 5.97 Å². The molecule has 0 radical (unpaired) electrons. The molecule has 7 nitrogen and oxygen atoms in total. The number of nitrogens with zero attached hydrogens (tertiary/aromatic N) is 1. The molecular formula is C19H24N2O5. The SMILES string of the molecule is COCCOC(=O)c1c(C)[nH]c(C(=O)N(Cc2ccco2)C2CC2)c1C. The number of nitrogens with one attached hydrogen (secondary N) is 1. The smallest absolute Gasteiger partial charge is 0.340 e. The molecule has 2 aromatic heterocycles. The lowest BCUT2D eigenvalue weighted by atomic mass is 10.1. The maximum Gasteiger partial charge on any atom is 0.340 e. The molecule has 1 saturated carbocycles. The second kappa shape index (κ2) is 7.78. The van der Waals surface area contributed by atoms with Gasteiger partial charge in [-0.2, -0.15) is 0 Å². The van der Waals surface area contributed by atoms with Gasteiger partial charge in [0, 0.05) is 18.8 Å². The van der Waals surface area contributed by atoms with E-state index in [-0.39, 0.29) is 18.6 Å². The summed E-state index contributed by atoms with van der Waals surface area (Å²) in [5, 5.41) is 0. The van der Waals surface area contributed by atoms with Gasteiger partial charge in [-0.25, -0.2) is 4.79 Å². The Morgan fingerprint density at radius 2 is 2.08 bits per heavy atom. The summed E-state index contributed by atoms with van der Waals surface area (Å²) in [7, 11) is 1.54. The quantitative estimate of drug-likeness (QED) is 0.578. The normalized spacial score (nSPS) is 13.7. The highest BCUT2D eigenvalue weighted by atomic mass is 16.6. The van der Waals surface area contributed by atoms with Crippen LogP contribution in [0.4, 0.5) is 0 Å². The molecule has 1 aliphatic rings. The highest BCUT2D eigenvalue weighted by molar-refractivity contribution is 6.00. The van der Waals surface area contributed by atoms with Gasteiger partial charge < -0.3 is 23.8 Å². The summed E-state index contributed by atoms with van der Waals surface area (Å²) >= 11 is 0. The van der Waals surface area contributed by atoms with Crippen LogP contribution in [-0.2, 0) is 16.0 Å². The van der Waals surface area contributed by atoms with Crippen LogP contribution in [-0.4, -0.2) is 48.1 Å². The maximum absolute atomic E-state index is 13.1. The van der Waals surface area contributed by atoms with E-state index in [1.165, 1.54) is 0 Å². The summed E-state index contributed by atoms with van der Waals surface area (Å²) in [6, 6.07) is 3.88. The second-order valence-corrected chi connectivity index (χ2v) is 6.50. The molecular weight excluding hydrogens is 336 g/mol. The highest BCUT2D eigenvalue weighted by Gasteiger charge is 2.35. The number of furan rings is 1. The van der Waals surface area contributed by atoms with Gasteiger partial charge in [-0.3, -0.25) is 4.79 Å². The maximum atomic E-state index is 13.1. The van der Waals surface area contributed by atoms with Crippen molar-refractivity contribution in [3.8, 4) is 0 Å². The Bertz CT molecular complexity index is 774. The van der Waals surface area contributed by atoms with E-state index in [4.69, 9.17) is 13.9 Å². The summed E-state index contributed by atoms with van der Waals surface area (Å²) in [5.41, 5.74) is 2.08. The van der Waals surface area contributed by atoms with Crippen molar-refractivity contribution in [1.82, 2.24) is 9.88 Å². The number of carbonyl (C=O) groups excluding carboxylic acids is 2. The van der Waals surface area contributed by atoms with Crippen LogP contribution in [0.15, 0.2) is 22.8 Å². The van der Waals surface area contributed by atoms with E-state index in [2.05, 4.69) is 4.98 Å². The molecule has 0 saturated heterocycles. The molecule has 7 heteroatoms. The Morgan fingerprint density at radius 3 is 2.69 bits per heavy atom. The van der Waals surface area contributed by atoms with Crippen molar-refractivity contribution in [2.24, 2.45) is 0 Å². The molecule has 2 heterocycles. The van der Waals surface area contributed by atoms with Gasteiger partial charge in [-0.1, -0.05) is 0 Å². The van der Waals surface area contributed by atoms with E-state index in [1.54, 1.807) is 32.1 Å². The highest BCUT2D eigenvalue weighted by Crippen LogP contribution is 2.31. The number of carbonyl (C=O) groups is 2. The lowest BCUT2D eigenvalue weighted by Crippen LogP contribution is -2.33. The molecule has 1 N–H and O–H groups in total. The molecule has 0 aliphatic heterocycles. The monoisotopic (exact) mass is 360 g/mol. The lowest BCUT2D eigenvalue weighted by molar-refractivity contribution is 0.0387. The van der Waals surface area contributed by atoms with E-state index in [9.17, 15) is 9.59 Å². The predicted molar refractivity (Wildman–Crippen MR) is 94.0 cm³/mol. The van der Waals surface area contributed by atoms with Crippen LogP contribution in [0, 0.1) is 13.8 Å². The number of aryl methyl sites for hydroxylation is 1. The zero-order chi connectivity index (χ0) is 18.7. The van der Waals surface area contributed by atoms with E-state index < -0.39 is 5.97 Å². The molecule has 3 rings (SSSR count). The third-order valence-electron chi connectivity index (χ3n) is 4.53. The fourth-order valence-corrected chi connectivity index (χ4v) is 3.03. The topological polar surface area (TPSA) is 84.8 Å². The van der Waals surface area contributed by atoms with Crippen molar-refractivity contribution in [2.45, 2.75) is 39.3 Å². The van der Waals surface area contributed by atoms with Crippen LogP contribution in [0.5, 0.6) is 0 Å². The molecule has 0 spiro atoms. The van der Waals surface area contributed by atoms with Gasteiger partial charge in [-0.15, -0.1) is 0 Å². The minimum atomic E-state index is -0.448. The molecule has 140 valence electrons. The predicted octanol–water partition coefficient (Wildman–Crippen LogP) is 2.83. The zero-order valence-electron chi connectivity index (χ0n) is 15.3. The van der Waals surface area contributed by atoms with Gasteiger partial charge in [0.05, 0.1) is 25.0 Å². The van der Waals surface area contributed by atoms with Crippen LogP contribution in [0.2, 0.25) is 0 Å². The summed E-state index contributed by atoms with van der Waals surface area (Å²) < 4.78 is 15.5. The number of hydrogen-bond acceptors (Lipinski definition) is 5. The van der Waals surface area contributed by atoms with E-state index in [0.717, 1.165) is 18.6 Å². The van der Waals surface area contributed by atoms with Crippen LogP contribution in [0.25, 0.3) is 0 Å². The summed E-state index contributed by atoms with van der Waals surface area (Å²) in [4.78, 5) is 30.3. The minimum Gasteiger partial charge on any atom is -0.467 e. The molecule has 0 atom stereocenters. The van der Waals surface area contributed by atoms with Crippen molar-refractivity contribution in [2.75, 3.05) is 20.3 Å². The number of amides is 1. The minimum absolute atomic E-state index is 0.125. The first-order valence-corrected chi connectivity index (χ1v) is 8.71. The van der Waals surface area contributed by atoms with Gasteiger partial charge in [-0.05, 0) is 44.4 Å². The molecule has 1 fully saturated rings. The molecule has 1 aliphatic carbocycles. The van der Waals surface area contributed by atoms with Crippen molar-refractivity contribution in [1.29, 1.82) is 0 Å². The number of hydrogen-bond donors (Lipinski definition) is 1. The second-order valence-electron chi connectivity index (χ2n) is 6.50. The number of aromatic amines is 1. The fourth-order valence-electron chi connectivity index (χ4n) is 3.03. The third kappa shape index (κ3) is 3.83. The van der Waals surface area contributed by atoms with E-state index >= 15 is 0 Å². The zero-order valence-corrected chi connectivity index (χ0v) is 15.3. The number of aromatic nitrogens is 1. The van der Waals surface area contributed by atoms with Crippen molar-refractivity contribution < 1.29 is 23.5 Å². The number of ether oxygens (including phenoxy) is 2. The van der Waals surface area contributed by atoms with E-state index in [0.29, 0.717) is 35.7 Å². The van der Waals surface area contributed by atoms with Gasteiger partial charge in [0.15, 0.2) is 0 Å². The molecule has 1 amide bonds. The van der Waals surface area contributed by atoms with Crippen LogP contribution >= 0.6 is 0 Å². The first-order chi connectivity index (χ1) is 12.5. The van der Waals surface area contributed by atoms with Crippen LogP contribution < -0.4 is 0 Å². The Hall–Kier alpha value is -2.54. The number of rotatable bonds is 8. The lowest BCUT2D eigenvalue weighted by Gasteiger charge is -2.21. The average Bonchev–Trinajstić information content (AvgIpc) is 3.23. The standard InChI is InChI=1S/C19H24N2O5/c1-12-16(19(23)26-10-9-24-3)13(2)20-17(12)18(22)21(14-6-7-14)11-15-5-4-8-25-15/h4-5,8,14,20H,6-7,9-11H2,1-3H3. The van der Waals surface area contributed by atoms with Crippen LogP contribution in [0.3, 0.4) is 0 Å². The summed E-state index contributed by atoms with van der Waals surface area (Å²) in [6.07, 6.45) is 3.57. The number of methoxy groups -OCH3 is 1. The van der Waals surface area contributed by atoms with Crippen molar-refractivity contribution in [3.05, 3.63) is 46.7 Å². The Labute approximate surface area is 152 Å². The number of esters is 1. The van der Waals surface area contributed by atoms with Gasteiger partial charge in [0.2, 0.25) is 0 Å². The summed E-state index contributed by atoms with van der Waals surface area (Å²) in [5.74, 6) is 0.169. The molecule has 0 aromatic carbocycles. The first kappa shape index (κ1) is 18.3. The Balaban J connectivity index is 1.80. The van der Waals surface area contributed by atoms with Crippen LogP contribution in [0.1, 0.15) is 50.7 Å². The Morgan fingerprint density at radius 1 is 1.31 bits per heavy atom. The molecule has 0 bridgehead atoms. The average molecular weight is 360 g/mol. The Kier molecular flexibility index (Phi) is 5.46. The van der Waals surface area contributed by atoms with Gasteiger partial charge in [0.1, 0.15) is 18.1 Å². The molecule has 0 unspecified atom stereocenters.